The summed E-state index contributed by atoms with van der Waals surface area (Å²) in [5, 5.41) is 5.09. The van der Waals surface area contributed by atoms with Gasteiger partial charge in [-0.15, -0.1) is 0 Å². The predicted octanol–water partition coefficient (Wildman–Crippen LogP) is 13.8. The minimum Gasteiger partial charge on any atom is -0.310 e. The molecule has 0 atom stereocenters. The molecule has 8 aromatic carbocycles. The Morgan fingerprint density at radius 1 is 0.388 bits per heavy atom. The molecule has 0 saturated heterocycles. The van der Waals surface area contributed by atoms with E-state index in [0.29, 0.717) is 0 Å². The zero-order valence-corrected chi connectivity index (χ0v) is 27.9. The third kappa shape index (κ3) is 6.24. The third-order valence-corrected chi connectivity index (χ3v) is 9.65. The molecule has 8 aromatic rings. The number of unbranched alkanes of at least 4 members (excludes halogenated alkanes) is 1. The Morgan fingerprint density at radius 2 is 0.918 bits per heavy atom. The van der Waals surface area contributed by atoms with Gasteiger partial charge in [0.05, 0.1) is 0 Å². The van der Waals surface area contributed by atoms with Gasteiger partial charge in [0.1, 0.15) is 0 Å². The van der Waals surface area contributed by atoms with Crippen LogP contribution in [0.5, 0.6) is 0 Å². The zero-order valence-electron chi connectivity index (χ0n) is 27.9. The molecule has 1 heteroatoms. The largest absolute Gasteiger partial charge is 0.310 e. The first-order valence-corrected chi connectivity index (χ1v) is 17.4. The fraction of sp³-hybridized carbons (Fsp3) is 0.0833. The Kier molecular flexibility index (Phi) is 8.48. The van der Waals surface area contributed by atoms with Gasteiger partial charge in [0.15, 0.2) is 0 Å². The van der Waals surface area contributed by atoms with Crippen LogP contribution in [0.3, 0.4) is 0 Å². The van der Waals surface area contributed by atoms with Crippen molar-refractivity contribution in [3.63, 3.8) is 0 Å². The average molecular weight is 630 g/mol. The van der Waals surface area contributed by atoms with Gasteiger partial charge >= 0.3 is 0 Å². The molecule has 0 aliphatic heterocycles. The highest BCUT2D eigenvalue weighted by molar-refractivity contribution is 6.13. The normalized spacial score (nSPS) is 11.2. The Hall–Kier alpha value is -5.92. The van der Waals surface area contributed by atoms with E-state index in [0.717, 1.165) is 23.5 Å². The van der Waals surface area contributed by atoms with E-state index in [4.69, 9.17) is 0 Å². The van der Waals surface area contributed by atoms with Gasteiger partial charge in [-0.1, -0.05) is 153 Å². The summed E-state index contributed by atoms with van der Waals surface area (Å²) < 4.78 is 0. The lowest BCUT2D eigenvalue weighted by Gasteiger charge is -2.26. The molecule has 49 heavy (non-hydrogen) atoms. The predicted molar refractivity (Wildman–Crippen MR) is 211 cm³/mol. The second kappa shape index (κ2) is 13.7. The van der Waals surface area contributed by atoms with Crippen molar-refractivity contribution in [1.29, 1.82) is 0 Å². The van der Waals surface area contributed by atoms with Crippen molar-refractivity contribution in [2.45, 2.75) is 26.2 Å². The van der Waals surface area contributed by atoms with Crippen LogP contribution in [-0.4, -0.2) is 0 Å². The van der Waals surface area contributed by atoms with Gasteiger partial charge < -0.3 is 4.90 Å². The molecular weight excluding hydrogens is 591 g/mol. The molecule has 0 radical (unpaired) electrons. The quantitative estimate of drug-likeness (QED) is 0.144. The highest BCUT2D eigenvalue weighted by atomic mass is 15.1. The van der Waals surface area contributed by atoms with Gasteiger partial charge in [0.2, 0.25) is 0 Å². The molecule has 8 rings (SSSR count). The van der Waals surface area contributed by atoms with Crippen molar-refractivity contribution >= 4 is 38.6 Å². The first kappa shape index (κ1) is 30.4. The molecule has 0 bridgehead atoms. The highest BCUT2D eigenvalue weighted by Gasteiger charge is 2.16. The first-order chi connectivity index (χ1) is 24.2. The van der Waals surface area contributed by atoms with Crippen LogP contribution >= 0.6 is 0 Å². The molecule has 0 aliphatic carbocycles. The van der Waals surface area contributed by atoms with Crippen molar-refractivity contribution in [3.05, 3.63) is 188 Å². The Balaban J connectivity index is 1.21. The molecule has 0 aliphatic rings. The monoisotopic (exact) mass is 629 g/mol. The van der Waals surface area contributed by atoms with E-state index >= 15 is 0 Å². The Morgan fingerprint density at radius 3 is 1.57 bits per heavy atom. The third-order valence-electron chi connectivity index (χ3n) is 9.65. The summed E-state index contributed by atoms with van der Waals surface area (Å²) in [6.07, 6.45) is 3.59. The second-order valence-electron chi connectivity index (χ2n) is 12.8. The summed E-state index contributed by atoms with van der Waals surface area (Å²) in [5.74, 6) is 0. The summed E-state index contributed by atoms with van der Waals surface area (Å²) in [6.45, 7) is 2.25. The van der Waals surface area contributed by atoms with Crippen LogP contribution in [0.2, 0.25) is 0 Å². The number of fused-ring (bicyclic) bond motifs is 3. The average Bonchev–Trinajstić information content (AvgIpc) is 3.18. The number of hydrogen-bond donors (Lipinski definition) is 0. The summed E-state index contributed by atoms with van der Waals surface area (Å²) in [5.41, 5.74) is 12.1. The topological polar surface area (TPSA) is 3.24 Å². The summed E-state index contributed by atoms with van der Waals surface area (Å²) in [6, 6.07) is 66.4. The maximum absolute atomic E-state index is 2.37. The highest BCUT2D eigenvalue weighted by Crippen LogP contribution is 2.40. The van der Waals surface area contributed by atoms with Crippen molar-refractivity contribution in [2.75, 3.05) is 4.90 Å². The lowest BCUT2D eigenvalue weighted by atomic mass is 9.93. The summed E-state index contributed by atoms with van der Waals surface area (Å²) in [4.78, 5) is 2.37. The number of hydrogen-bond acceptors (Lipinski definition) is 1. The zero-order chi connectivity index (χ0) is 33.0. The van der Waals surface area contributed by atoms with Gasteiger partial charge in [0.25, 0.3) is 0 Å². The number of rotatable bonds is 9. The lowest BCUT2D eigenvalue weighted by Crippen LogP contribution is -2.10. The SMILES string of the molecule is CCCCc1ccc(-c2ccc(N(c3ccc(-c4ccccc4)cc3)c3cccc(-c4cc5ccccc5c5ccccc45)c3)cc2)cc1. The van der Waals surface area contributed by atoms with E-state index in [2.05, 4.69) is 194 Å². The minimum atomic E-state index is 1.12. The van der Waals surface area contributed by atoms with Crippen LogP contribution in [0, 0.1) is 0 Å². The molecule has 0 N–H and O–H groups in total. The number of nitrogens with zero attached hydrogens (tertiary/aromatic N) is 1. The maximum atomic E-state index is 2.37. The fourth-order valence-corrected chi connectivity index (χ4v) is 7.03. The van der Waals surface area contributed by atoms with Gasteiger partial charge in [-0.25, -0.2) is 0 Å². The molecule has 0 unspecified atom stereocenters. The molecular formula is C48H39N. The van der Waals surface area contributed by atoms with E-state index in [1.54, 1.807) is 0 Å². The van der Waals surface area contributed by atoms with Crippen LogP contribution in [0.4, 0.5) is 17.1 Å². The molecule has 0 spiro atoms. The lowest BCUT2D eigenvalue weighted by molar-refractivity contribution is 0.795. The van der Waals surface area contributed by atoms with Crippen molar-refractivity contribution in [3.8, 4) is 33.4 Å². The van der Waals surface area contributed by atoms with Gasteiger partial charge in [-0.05, 0) is 116 Å². The van der Waals surface area contributed by atoms with E-state index in [1.807, 2.05) is 0 Å². The molecule has 0 saturated carbocycles. The van der Waals surface area contributed by atoms with Crippen LogP contribution in [0.25, 0.3) is 54.9 Å². The van der Waals surface area contributed by atoms with Gasteiger partial charge in [-0.3, -0.25) is 0 Å². The molecule has 0 heterocycles. The van der Waals surface area contributed by atoms with Gasteiger partial charge in [0, 0.05) is 17.1 Å². The second-order valence-corrected chi connectivity index (χ2v) is 12.8. The first-order valence-electron chi connectivity index (χ1n) is 17.4. The van der Waals surface area contributed by atoms with Crippen molar-refractivity contribution < 1.29 is 0 Å². The molecule has 0 aromatic heterocycles. The molecule has 0 amide bonds. The van der Waals surface area contributed by atoms with Crippen molar-refractivity contribution in [1.82, 2.24) is 0 Å². The maximum Gasteiger partial charge on any atom is 0.0467 e. The number of anilines is 3. The Bertz CT molecular complexity index is 2330. The van der Waals surface area contributed by atoms with Crippen LogP contribution in [0.1, 0.15) is 25.3 Å². The van der Waals surface area contributed by atoms with E-state index in [1.165, 1.54) is 73.3 Å². The summed E-state index contributed by atoms with van der Waals surface area (Å²) in [7, 11) is 0. The molecule has 0 fully saturated rings. The standard InChI is InChI=1S/C48H39N/c1-2-3-12-35-21-23-37(24-22-35)39-27-31-43(32-28-39)49(42-29-25-38(26-30-42)36-13-5-4-6-14-36)44-17-11-16-40(33-44)48-34-41-15-7-8-18-45(41)46-19-9-10-20-47(46)48/h4-11,13-34H,2-3,12H2,1H3. The van der Waals surface area contributed by atoms with E-state index in [-0.39, 0.29) is 0 Å². The number of benzene rings is 8. The fourth-order valence-electron chi connectivity index (χ4n) is 7.03. The van der Waals surface area contributed by atoms with E-state index in [9.17, 15) is 0 Å². The molecule has 1 nitrogen and oxygen atoms in total. The number of aryl methyl sites for hydroxylation is 1. The van der Waals surface area contributed by atoms with Crippen molar-refractivity contribution in [2.24, 2.45) is 0 Å². The summed E-state index contributed by atoms with van der Waals surface area (Å²) >= 11 is 0. The Labute approximate surface area is 289 Å². The van der Waals surface area contributed by atoms with Crippen LogP contribution in [0.15, 0.2) is 182 Å². The van der Waals surface area contributed by atoms with Gasteiger partial charge in [-0.2, -0.15) is 0 Å². The smallest absolute Gasteiger partial charge is 0.0467 e. The molecule has 236 valence electrons. The van der Waals surface area contributed by atoms with E-state index < -0.39 is 0 Å². The van der Waals surface area contributed by atoms with Crippen LogP contribution in [-0.2, 0) is 6.42 Å². The minimum absolute atomic E-state index is 1.12. The van der Waals surface area contributed by atoms with Crippen LogP contribution < -0.4 is 4.90 Å².